The van der Waals surface area contributed by atoms with E-state index in [1.54, 1.807) is 24.3 Å². The predicted molar refractivity (Wildman–Crippen MR) is 78.6 cm³/mol. The molecule has 6 nitrogen and oxygen atoms in total. The number of carboxylic acid groups (broad SMARTS) is 1. The van der Waals surface area contributed by atoms with Crippen molar-refractivity contribution in [2.24, 2.45) is 0 Å². The fraction of sp³-hybridized carbons (Fsp3) is 0.267. The van der Waals surface area contributed by atoms with Gasteiger partial charge in [0.15, 0.2) is 11.5 Å². The molecule has 0 aliphatic heterocycles. The molecule has 0 unspecified atom stereocenters. The van der Waals surface area contributed by atoms with Gasteiger partial charge in [-0.3, -0.25) is 9.59 Å². The van der Waals surface area contributed by atoms with E-state index in [0.29, 0.717) is 16.3 Å². The molecule has 0 spiro atoms. The number of aliphatic carboxylic acids is 1. The van der Waals surface area contributed by atoms with Crippen molar-refractivity contribution in [1.82, 2.24) is 10.1 Å². The molecule has 1 saturated carbocycles. The largest absolute Gasteiger partial charge is 0.480 e. The Labute approximate surface area is 131 Å². The summed E-state index contributed by atoms with van der Waals surface area (Å²) in [5.41, 5.74) is 0.804. The number of nitrogens with zero attached hydrogens (tertiary/aromatic N) is 2. The lowest BCUT2D eigenvalue weighted by Gasteiger charge is -2.18. The summed E-state index contributed by atoms with van der Waals surface area (Å²) in [7, 11) is 0. The Morgan fingerprint density at radius 3 is 2.77 bits per heavy atom. The van der Waals surface area contributed by atoms with Crippen LogP contribution in [0.15, 0.2) is 34.9 Å². The molecular weight excluding hydrogens is 308 g/mol. The molecule has 0 radical (unpaired) electrons. The topological polar surface area (TPSA) is 83.6 Å². The van der Waals surface area contributed by atoms with Gasteiger partial charge in [-0.1, -0.05) is 28.9 Å². The fourth-order valence-corrected chi connectivity index (χ4v) is 2.39. The van der Waals surface area contributed by atoms with Gasteiger partial charge in [0.25, 0.3) is 5.91 Å². The highest BCUT2D eigenvalue weighted by Gasteiger charge is 2.35. The molecule has 1 heterocycles. The molecule has 0 bridgehead atoms. The van der Waals surface area contributed by atoms with Crippen molar-refractivity contribution in [2.45, 2.75) is 18.9 Å². The van der Waals surface area contributed by atoms with Crippen LogP contribution in [0.4, 0.5) is 0 Å². The van der Waals surface area contributed by atoms with Gasteiger partial charge in [0.05, 0.1) is 0 Å². The van der Waals surface area contributed by atoms with Gasteiger partial charge in [-0.2, -0.15) is 0 Å². The van der Waals surface area contributed by atoms with Gasteiger partial charge in [-0.05, 0) is 25.0 Å². The quantitative estimate of drug-likeness (QED) is 0.915. The van der Waals surface area contributed by atoms with Crippen molar-refractivity contribution < 1.29 is 19.2 Å². The van der Waals surface area contributed by atoms with Gasteiger partial charge in [0, 0.05) is 22.7 Å². The van der Waals surface area contributed by atoms with E-state index in [2.05, 4.69) is 5.16 Å². The van der Waals surface area contributed by atoms with Crippen LogP contribution in [0.25, 0.3) is 11.3 Å². The molecule has 1 fully saturated rings. The van der Waals surface area contributed by atoms with Crippen molar-refractivity contribution in [1.29, 1.82) is 0 Å². The number of halogens is 1. The second-order valence-electron chi connectivity index (χ2n) is 5.14. The molecule has 2 aromatic rings. The minimum Gasteiger partial charge on any atom is -0.480 e. The van der Waals surface area contributed by atoms with Crippen molar-refractivity contribution in [3.63, 3.8) is 0 Å². The molecule has 1 aliphatic rings. The number of carbonyl (C=O) groups excluding carboxylic acids is 1. The first-order valence-corrected chi connectivity index (χ1v) is 7.18. The maximum Gasteiger partial charge on any atom is 0.323 e. The third-order valence-corrected chi connectivity index (χ3v) is 3.63. The van der Waals surface area contributed by atoms with Crippen LogP contribution < -0.4 is 0 Å². The van der Waals surface area contributed by atoms with Crippen molar-refractivity contribution >= 4 is 23.5 Å². The van der Waals surface area contributed by atoms with Crippen molar-refractivity contribution in [3.8, 4) is 11.3 Å². The second kappa shape index (κ2) is 5.81. The Morgan fingerprint density at radius 2 is 2.14 bits per heavy atom. The minimum absolute atomic E-state index is 0.0186. The number of carbonyl (C=O) groups is 2. The van der Waals surface area contributed by atoms with Gasteiger partial charge in [0.2, 0.25) is 0 Å². The Morgan fingerprint density at radius 1 is 1.36 bits per heavy atom. The van der Waals surface area contributed by atoms with E-state index in [4.69, 9.17) is 21.2 Å². The molecule has 1 aromatic carbocycles. The number of aromatic nitrogens is 1. The lowest BCUT2D eigenvalue weighted by molar-refractivity contribution is -0.137. The standard InChI is InChI=1S/C15H13ClN2O4/c16-10-3-1-2-9(6-10)13-7-12(17-22-13)15(21)18(8-14(19)20)11-4-5-11/h1-3,6-7,11H,4-5,8H2,(H,19,20). The van der Waals surface area contributed by atoms with E-state index in [9.17, 15) is 9.59 Å². The minimum atomic E-state index is -1.04. The Balaban J connectivity index is 1.83. The number of carboxylic acids is 1. The molecule has 1 amide bonds. The summed E-state index contributed by atoms with van der Waals surface area (Å²) in [6, 6.07) is 8.47. The Bertz CT molecular complexity index is 724. The van der Waals surface area contributed by atoms with Gasteiger partial charge in [-0.15, -0.1) is 0 Å². The molecule has 0 saturated heterocycles. The molecule has 7 heteroatoms. The molecule has 1 aromatic heterocycles. The lowest BCUT2D eigenvalue weighted by Crippen LogP contribution is -2.37. The van der Waals surface area contributed by atoms with Crippen LogP contribution in [0, 0.1) is 0 Å². The number of hydrogen-bond acceptors (Lipinski definition) is 4. The molecule has 114 valence electrons. The Hall–Kier alpha value is -2.34. The van der Waals surface area contributed by atoms with E-state index >= 15 is 0 Å². The maximum absolute atomic E-state index is 12.4. The number of amides is 1. The van der Waals surface area contributed by atoms with E-state index < -0.39 is 11.9 Å². The number of benzene rings is 1. The fourth-order valence-electron chi connectivity index (χ4n) is 2.20. The first-order chi connectivity index (χ1) is 10.5. The zero-order chi connectivity index (χ0) is 15.7. The van der Waals surface area contributed by atoms with Gasteiger partial charge in [0.1, 0.15) is 6.54 Å². The summed E-state index contributed by atoms with van der Waals surface area (Å²) in [6.45, 7) is -0.330. The monoisotopic (exact) mass is 320 g/mol. The van der Waals surface area contributed by atoms with Crippen LogP contribution >= 0.6 is 11.6 Å². The normalized spacial score (nSPS) is 13.9. The van der Waals surface area contributed by atoms with Gasteiger partial charge >= 0.3 is 5.97 Å². The van der Waals surface area contributed by atoms with Gasteiger partial charge in [-0.25, -0.2) is 0 Å². The number of hydrogen-bond donors (Lipinski definition) is 1. The average Bonchev–Trinajstić information content (AvgIpc) is 3.20. The third-order valence-electron chi connectivity index (χ3n) is 3.39. The van der Waals surface area contributed by atoms with E-state index in [1.807, 2.05) is 0 Å². The van der Waals surface area contributed by atoms with E-state index in [-0.39, 0.29) is 18.3 Å². The lowest BCUT2D eigenvalue weighted by atomic mass is 10.1. The van der Waals surface area contributed by atoms with E-state index in [0.717, 1.165) is 12.8 Å². The Kier molecular flexibility index (Phi) is 3.85. The SMILES string of the molecule is O=C(O)CN(C(=O)c1cc(-c2cccc(Cl)c2)on1)C1CC1. The summed E-state index contributed by atoms with van der Waals surface area (Å²) in [6.07, 6.45) is 1.63. The van der Waals surface area contributed by atoms with Crippen LogP contribution in [0.3, 0.4) is 0 Å². The molecular formula is C15H13ClN2O4. The molecule has 1 aliphatic carbocycles. The van der Waals surface area contributed by atoms with Crippen LogP contribution in [0.2, 0.25) is 5.02 Å². The highest BCUT2D eigenvalue weighted by atomic mass is 35.5. The predicted octanol–water partition coefficient (Wildman–Crippen LogP) is 2.68. The second-order valence-corrected chi connectivity index (χ2v) is 5.58. The van der Waals surface area contributed by atoms with Crippen LogP contribution in [0.1, 0.15) is 23.3 Å². The van der Waals surface area contributed by atoms with Crippen molar-refractivity contribution in [3.05, 3.63) is 41.0 Å². The average molecular weight is 321 g/mol. The number of rotatable bonds is 5. The zero-order valence-electron chi connectivity index (χ0n) is 11.5. The van der Waals surface area contributed by atoms with Crippen molar-refractivity contribution in [2.75, 3.05) is 6.54 Å². The molecule has 3 rings (SSSR count). The highest BCUT2D eigenvalue weighted by molar-refractivity contribution is 6.30. The molecule has 22 heavy (non-hydrogen) atoms. The summed E-state index contributed by atoms with van der Waals surface area (Å²) in [5.74, 6) is -1.06. The maximum atomic E-state index is 12.4. The summed E-state index contributed by atoms with van der Waals surface area (Å²) >= 11 is 5.92. The highest BCUT2D eigenvalue weighted by Crippen LogP contribution is 2.29. The van der Waals surface area contributed by atoms with Crippen LogP contribution in [-0.2, 0) is 4.79 Å². The van der Waals surface area contributed by atoms with E-state index in [1.165, 1.54) is 11.0 Å². The molecule has 0 atom stereocenters. The summed E-state index contributed by atoms with van der Waals surface area (Å²) in [5, 5.41) is 13.2. The summed E-state index contributed by atoms with van der Waals surface area (Å²) < 4.78 is 5.18. The first-order valence-electron chi connectivity index (χ1n) is 6.80. The summed E-state index contributed by atoms with van der Waals surface area (Å²) in [4.78, 5) is 24.6. The van der Waals surface area contributed by atoms with Crippen LogP contribution in [-0.4, -0.2) is 39.6 Å². The third kappa shape index (κ3) is 3.12. The van der Waals surface area contributed by atoms with Crippen LogP contribution in [0.5, 0.6) is 0 Å². The smallest absolute Gasteiger partial charge is 0.323 e. The first kappa shape index (κ1) is 14.6. The molecule has 1 N–H and O–H groups in total. The zero-order valence-corrected chi connectivity index (χ0v) is 12.3. The van der Waals surface area contributed by atoms with Gasteiger partial charge < -0.3 is 14.5 Å².